The highest BCUT2D eigenvalue weighted by Gasteiger charge is 2.09. The molecule has 0 unspecified atom stereocenters. The minimum atomic E-state index is -0.425. The fraction of sp³-hybridized carbons (Fsp3) is 0.222. The fourth-order valence-corrected chi connectivity index (χ4v) is 2.13. The number of carbonyl (C=O) groups excluding carboxylic acids is 2. The molecular formula is C18H20N2O5. The van der Waals surface area contributed by atoms with E-state index in [2.05, 4.69) is 15.4 Å². The second-order valence-corrected chi connectivity index (χ2v) is 5.04. The molecule has 0 heterocycles. The van der Waals surface area contributed by atoms with Gasteiger partial charge in [0.05, 0.1) is 39.1 Å². The third-order valence-electron chi connectivity index (χ3n) is 3.44. The summed E-state index contributed by atoms with van der Waals surface area (Å²) in [6.45, 7) is 0.0570. The van der Waals surface area contributed by atoms with Crippen molar-refractivity contribution in [3.8, 4) is 11.5 Å². The maximum absolute atomic E-state index is 12.1. The summed E-state index contributed by atoms with van der Waals surface area (Å²) in [6, 6.07) is 11.7. The van der Waals surface area contributed by atoms with Gasteiger partial charge >= 0.3 is 5.97 Å². The molecule has 0 atom stereocenters. The molecule has 0 spiro atoms. The van der Waals surface area contributed by atoms with E-state index in [-0.39, 0.29) is 12.5 Å². The standard InChI is InChI=1S/C18H20N2O5/c1-23-14-8-9-15(16(10-14)24-2)19-11-17(21)20-13-6-4-12(5-7-13)18(22)25-3/h4-10,19H,11H2,1-3H3,(H,20,21). The van der Waals surface area contributed by atoms with Crippen LogP contribution in [-0.2, 0) is 9.53 Å². The molecule has 7 heteroatoms. The first-order chi connectivity index (χ1) is 12.1. The van der Waals surface area contributed by atoms with E-state index < -0.39 is 5.97 Å². The molecule has 0 aliphatic rings. The molecule has 1 amide bonds. The van der Waals surface area contributed by atoms with Crippen molar-refractivity contribution in [2.45, 2.75) is 0 Å². The van der Waals surface area contributed by atoms with E-state index in [1.165, 1.54) is 7.11 Å². The summed E-state index contributed by atoms with van der Waals surface area (Å²) in [5.41, 5.74) is 1.68. The lowest BCUT2D eigenvalue weighted by molar-refractivity contribution is -0.114. The van der Waals surface area contributed by atoms with Gasteiger partial charge in [0.2, 0.25) is 5.91 Å². The fourth-order valence-electron chi connectivity index (χ4n) is 2.13. The second kappa shape index (κ2) is 8.58. The van der Waals surface area contributed by atoms with E-state index in [1.54, 1.807) is 56.7 Å². The first-order valence-electron chi connectivity index (χ1n) is 7.51. The van der Waals surface area contributed by atoms with Gasteiger partial charge in [-0.15, -0.1) is 0 Å². The number of hydrogen-bond acceptors (Lipinski definition) is 6. The van der Waals surface area contributed by atoms with Gasteiger partial charge in [0.1, 0.15) is 11.5 Å². The molecule has 2 N–H and O–H groups in total. The number of anilines is 2. The number of ether oxygens (including phenoxy) is 3. The van der Waals surface area contributed by atoms with Gasteiger partial charge in [-0.2, -0.15) is 0 Å². The summed E-state index contributed by atoms with van der Waals surface area (Å²) in [6.07, 6.45) is 0. The highest BCUT2D eigenvalue weighted by Crippen LogP contribution is 2.28. The lowest BCUT2D eigenvalue weighted by Gasteiger charge is -2.12. The van der Waals surface area contributed by atoms with Crippen LogP contribution in [0.1, 0.15) is 10.4 Å². The molecule has 2 aromatic rings. The maximum atomic E-state index is 12.1. The first kappa shape index (κ1) is 18.1. The summed E-state index contributed by atoms with van der Waals surface area (Å²) in [5, 5.41) is 5.74. The largest absolute Gasteiger partial charge is 0.497 e. The van der Waals surface area contributed by atoms with E-state index in [0.717, 1.165) is 0 Å². The number of carbonyl (C=O) groups is 2. The highest BCUT2D eigenvalue weighted by molar-refractivity contribution is 5.95. The zero-order valence-electron chi connectivity index (χ0n) is 14.3. The summed E-state index contributed by atoms with van der Waals surface area (Å²) < 4.78 is 15.0. The lowest BCUT2D eigenvalue weighted by Crippen LogP contribution is -2.22. The Balaban J connectivity index is 1.93. The second-order valence-electron chi connectivity index (χ2n) is 5.04. The predicted octanol–water partition coefficient (Wildman–Crippen LogP) is 2.54. The smallest absolute Gasteiger partial charge is 0.337 e. The lowest BCUT2D eigenvalue weighted by atomic mass is 10.2. The van der Waals surface area contributed by atoms with Crippen molar-refractivity contribution in [1.29, 1.82) is 0 Å². The summed E-state index contributed by atoms with van der Waals surface area (Å²) in [7, 11) is 4.43. The van der Waals surface area contributed by atoms with Gasteiger partial charge in [-0.05, 0) is 36.4 Å². The number of amides is 1. The molecule has 0 aliphatic heterocycles. The minimum absolute atomic E-state index is 0.0570. The first-order valence-corrected chi connectivity index (χ1v) is 7.51. The third kappa shape index (κ3) is 4.87. The van der Waals surface area contributed by atoms with Gasteiger partial charge in [-0.3, -0.25) is 4.79 Å². The molecule has 2 rings (SSSR count). The van der Waals surface area contributed by atoms with Crippen LogP contribution in [0, 0.1) is 0 Å². The van der Waals surface area contributed by atoms with Crippen LogP contribution in [0.5, 0.6) is 11.5 Å². The molecule has 0 saturated carbocycles. The van der Waals surface area contributed by atoms with Gasteiger partial charge in [0, 0.05) is 11.8 Å². The molecule has 132 valence electrons. The Morgan fingerprint density at radius 2 is 1.68 bits per heavy atom. The predicted molar refractivity (Wildman–Crippen MR) is 94.4 cm³/mol. The molecule has 0 fully saturated rings. The Labute approximate surface area is 145 Å². The molecular weight excluding hydrogens is 324 g/mol. The van der Waals surface area contributed by atoms with Gasteiger partial charge in [0.15, 0.2) is 0 Å². The van der Waals surface area contributed by atoms with Crippen LogP contribution in [0.25, 0.3) is 0 Å². The van der Waals surface area contributed by atoms with Crippen LogP contribution in [0.4, 0.5) is 11.4 Å². The van der Waals surface area contributed by atoms with Crippen LogP contribution in [-0.4, -0.2) is 39.8 Å². The quantitative estimate of drug-likeness (QED) is 0.751. The molecule has 0 aliphatic carbocycles. The van der Waals surface area contributed by atoms with Crippen molar-refractivity contribution in [2.75, 3.05) is 38.5 Å². The SMILES string of the molecule is COC(=O)c1ccc(NC(=O)CNc2ccc(OC)cc2OC)cc1. The van der Waals surface area contributed by atoms with Crippen molar-refractivity contribution in [3.05, 3.63) is 48.0 Å². The van der Waals surface area contributed by atoms with E-state index in [4.69, 9.17) is 9.47 Å². The average molecular weight is 344 g/mol. The molecule has 0 saturated heterocycles. The normalized spacial score (nSPS) is 9.88. The molecule has 0 aromatic heterocycles. The van der Waals surface area contributed by atoms with Crippen molar-refractivity contribution in [2.24, 2.45) is 0 Å². The molecule has 25 heavy (non-hydrogen) atoms. The van der Waals surface area contributed by atoms with Crippen LogP contribution in [0.3, 0.4) is 0 Å². The average Bonchev–Trinajstić information content (AvgIpc) is 2.66. The zero-order chi connectivity index (χ0) is 18.2. The van der Waals surface area contributed by atoms with Crippen LogP contribution in [0.2, 0.25) is 0 Å². The van der Waals surface area contributed by atoms with Crippen LogP contribution in [0.15, 0.2) is 42.5 Å². The Hall–Kier alpha value is -3.22. The molecule has 2 aromatic carbocycles. The summed E-state index contributed by atoms with van der Waals surface area (Å²) in [5.74, 6) is 0.585. The highest BCUT2D eigenvalue weighted by atomic mass is 16.5. The van der Waals surface area contributed by atoms with E-state index in [1.807, 2.05) is 0 Å². The summed E-state index contributed by atoms with van der Waals surface area (Å²) in [4.78, 5) is 23.4. The topological polar surface area (TPSA) is 85.9 Å². The van der Waals surface area contributed by atoms with Gasteiger partial charge in [-0.25, -0.2) is 4.79 Å². The van der Waals surface area contributed by atoms with Crippen molar-refractivity contribution < 1.29 is 23.8 Å². The van der Waals surface area contributed by atoms with Gasteiger partial charge in [-0.1, -0.05) is 0 Å². The molecule has 7 nitrogen and oxygen atoms in total. The Morgan fingerprint density at radius 1 is 0.960 bits per heavy atom. The van der Waals surface area contributed by atoms with Crippen LogP contribution >= 0.6 is 0 Å². The number of nitrogens with one attached hydrogen (secondary N) is 2. The number of benzene rings is 2. The minimum Gasteiger partial charge on any atom is -0.497 e. The maximum Gasteiger partial charge on any atom is 0.337 e. The van der Waals surface area contributed by atoms with Crippen molar-refractivity contribution in [3.63, 3.8) is 0 Å². The van der Waals surface area contributed by atoms with E-state index in [9.17, 15) is 9.59 Å². The Bertz CT molecular complexity index is 744. The number of methoxy groups -OCH3 is 3. The zero-order valence-corrected chi connectivity index (χ0v) is 14.3. The molecule has 0 bridgehead atoms. The number of rotatable bonds is 7. The Kier molecular flexibility index (Phi) is 6.22. The third-order valence-corrected chi connectivity index (χ3v) is 3.44. The summed E-state index contributed by atoms with van der Waals surface area (Å²) >= 11 is 0. The van der Waals surface area contributed by atoms with Crippen LogP contribution < -0.4 is 20.1 Å². The van der Waals surface area contributed by atoms with Gasteiger partial charge < -0.3 is 24.8 Å². The van der Waals surface area contributed by atoms with E-state index in [0.29, 0.717) is 28.4 Å². The number of hydrogen-bond donors (Lipinski definition) is 2. The van der Waals surface area contributed by atoms with Gasteiger partial charge in [0.25, 0.3) is 0 Å². The van der Waals surface area contributed by atoms with E-state index >= 15 is 0 Å². The molecule has 0 radical (unpaired) electrons. The van der Waals surface area contributed by atoms with Crippen molar-refractivity contribution >= 4 is 23.3 Å². The van der Waals surface area contributed by atoms with Crippen molar-refractivity contribution in [1.82, 2.24) is 0 Å². The monoisotopic (exact) mass is 344 g/mol. The Morgan fingerprint density at radius 3 is 2.28 bits per heavy atom. The number of esters is 1.